The molecule has 0 radical (unpaired) electrons. The Morgan fingerprint density at radius 2 is 1.76 bits per heavy atom. The fourth-order valence-electron chi connectivity index (χ4n) is 3.13. The number of amides is 2. The lowest BCUT2D eigenvalue weighted by atomic mass is 10.1. The number of halogens is 1. The van der Waals surface area contributed by atoms with E-state index in [1.165, 1.54) is 31.4 Å². The van der Waals surface area contributed by atoms with Gasteiger partial charge in [0.2, 0.25) is 11.7 Å². The number of rotatable bonds is 6. The Bertz CT molecular complexity index is 910. The van der Waals surface area contributed by atoms with Crippen molar-refractivity contribution < 1.29 is 23.5 Å². The third kappa shape index (κ3) is 5.10. The van der Waals surface area contributed by atoms with Crippen molar-refractivity contribution in [1.82, 2.24) is 10.2 Å². The highest BCUT2D eigenvalue weighted by molar-refractivity contribution is 6.43. The summed E-state index contributed by atoms with van der Waals surface area (Å²) in [5.41, 5.74) is 0.965. The molecule has 152 valence electrons. The van der Waals surface area contributed by atoms with Crippen LogP contribution in [0.4, 0.5) is 10.1 Å². The van der Waals surface area contributed by atoms with Crippen LogP contribution in [0.1, 0.15) is 10.4 Å². The maximum Gasteiger partial charge on any atom is 0.292 e. The van der Waals surface area contributed by atoms with Crippen LogP contribution < -0.4 is 15.0 Å². The van der Waals surface area contributed by atoms with Gasteiger partial charge in [-0.2, -0.15) is 0 Å². The number of nitrogens with one attached hydrogen (secondary N) is 1. The molecule has 1 N–H and O–H groups in total. The Morgan fingerprint density at radius 3 is 2.45 bits per heavy atom. The molecule has 2 aromatic carbocycles. The molecule has 0 aliphatic carbocycles. The Kier molecular flexibility index (Phi) is 6.43. The maximum absolute atomic E-state index is 13.4. The van der Waals surface area contributed by atoms with Gasteiger partial charge in [-0.25, -0.2) is 4.39 Å². The van der Waals surface area contributed by atoms with E-state index in [0.717, 1.165) is 5.69 Å². The fraction of sp³-hybridized carbons (Fsp3) is 0.286. The van der Waals surface area contributed by atoms with Crippen molar-refractivity contribution in [1.29, 1.82) is 0 Å². The molecule has 1 fully saturated rings. The van der Waals surface area contributed by atoms with E-state index in [1.807, 2.05) is 11.0 Å². The first kappa shape index (κ1) is 20.3. The number of hydrogen-bond donors (Lipinski definition) is 1. The zero-order valence-electron chi connectivity index (χ0n) is 16.1. The summed E-state index contributed by atoms with van der Waals surface area (Å²) < 4.78 is 18.4. The van der Waals surface area contributed by atoms with E-state index in [9.17, 15) is 18.8 Å². The molecule has 7 nitrogen and oxygen atoms in total. The third-order valence-electron chi connectivity index (χ3n) is 4.74. The van der Waals surface area contributed by atoms with Gasteiger partial charge in [0.15, 0.2) is 0 Å². The third-order valence-corrected chi connectivity index (χ3v) is 4.74. The lowest BCUT2D eigenvalue weighted by Gasteiger charge is -2.36. The van der Waals surface area contributed by atoms with Crippen LogP contribution in [0.2, 0.25) is 0 Å². The zero-order chi connectivity index (χ0) is 20.8. The number of ether oxygens (including phenoxy) is 1. The average molecular weight is 399 g/mol. The van der Waals surface area contributed by atoms with Gasteiger partial charge in [-0.05, 0) is 30.3 Å². The molecule has 0 spiro atoms. The van der Waals surface area contributed by atoms with Crippen LogP contribution in [0, 0.1) is 5.82 Å². The van der Waals surface area contributed by atoms with Crippen LogP contribution >= 0.6 is 0 Å². The molecular weight excluding hydrogens is 377 g/mol. The molecule has 1 heterocycles. The highest BCUT2D eigenvalue weighted by atomic mass is 19.1. The highest BCUT2D eigenvalue weighted by Gasteiger charge is 2.23. The summed E-state index contributed by atoms with van der Waals surface area (Å²) in [5, 5.41) is 2.38. The zero-order valence-corrected chi connectivity index (χ0v) is 16.1. The van der Waals surface area contributed by atoms with Crippen molar-refractivity contribution in [2.45, 2.75) is 0 Å². The second-order valence-electron chi connectivity index (χ2n) is 6.59. The van der Waals surface area contributed by atoms with Gasteiger partial charge in [0.1, 0.15) is 11.6 Å². The highest BCUT2D eigenvalue weighted by Crippen LogP contribution is 2.17. The minimum Gasteiger partial charge on any atom is -0.497 e. The first-order chi connectivity index (χ1) is 14.0. The number of carbonyl (C=O) groups excluding carboxylic acids is 3. The first-order valence-corrected chi connectivity index (χ1v) is 9.23. The summed E-state index contributed by atoms with van der Waals surface area (Å²) in [4.78, 5) is 40.3. The van der Waals surface area contributed by atoms with Gasteiger partial charge < -0.3 is 19.9 Å². The number of carbonyl (C=O) groups is 3. The predicted octanol–water partition coefficient (Wildman–Crippen LogP) is 1.48. The molecule has 29 heavy (non-hydrogen) atoms. The Balaban J connectivity index is 1.48. The lowest BCUT2D eigenvalue weighted by molar-refractivity contribution is -0.132. The van der Waals surface area contributed by atoms with Crippen LogP contribution in [-0.2, 0) is 9.59 Å². The topological polar surface area (TPSA) is 78.9 Å². The molecule has 0 aromatic heterocycles. The summed E-state index contributed by atoms with van der Waals surface area (Å²) in [7, 11) is 1.47. The standard InChI is InChI=1S/C21H22FN3O4/c1-29-18-7-2-4-15(12-18)20(27)21(28)23-14-19(26)25-10-8-24(9-11-25)17-6-3-5-16(22)13-17/h2-7,12-13H,8-11,14H2,1H3,(H,23,28). The van der Waals surface area contributed by atoms with Crippen molar-refractivity contribution in [2.75, 3.05) is 44.7 Å². The van der Waals surface area contributed by atoms with E-state index in [4.69, 9.17) is 4.74 Å². The van der Waals surface area contributed by atoms with Crippen molar-refractivity contribution in [3.63, 3.8) is 0 Å². The van der Waals surface area contributed by atoms with Crippen LogP contribution in [0.5, 0.6) is 5.75 Å². The van der Waals surface area contributed by atoms with E-state index in [1.54, 1.807) is 23.1 Å². The van der Waals surface area contributed by atoms with Crippen molar-refractivity contribution in [3.8, 4) is 5.75 Å². The van der Waals surface area contributed by atoms with Crippen molar-refractivity contribution in [2.24, 2.45) is 0 Å². The van der Waals surface area contributed by atoms with Crippen LogP contribution in [0.3, 0.4) is 0 Å². The maximum atomic E-state index is 13.4. The minimum absolute atomic E-state index is 0.193. The van der Waals surface area contributed by atoms with Gasteiger partial charge in [0.05, 0.1) is 13.7 Å². The number of hydrogen-bond acceptors (Lipinski definition) is 5. The van der Waals surface area contributed by atoms with Crippen LogP contribution in [-0.4, -0.2) is 62.3 Å². The van der Waals surface area contributed by atoms with E-state index < -0.39 is 11.7 Å². The molecule has 8 heteroatoms. The van der Waals surface area contributed by atoms with Crippen molar-refractivity contribution >= 4 is 23.3 Å². The molecule has 2 amide bonds. The summed E-state index contributed by atoms with van der Waals surface area (Å²) >= 11 is 0. The second-order valence-corrected chi connectivity index (χ2v) is 6.59. The smallest absolute Gasteiger partial charge is 0.292 e. The van der Waals surface area contributed by atoms with E-state index in [0.29, 0.717) is 31.9 Å². The second kappa shape index (κ2) is 9.18. The predicted molar refractivity (Wildman–Crippen MR) is 106 cm³/mol. The van der Waals surface area contributed by atoms with Crippen LogP contribution in [0.15, 0.2) is 48.5 Å². The number of piperazine rings is 1. The number of Topliss-reactive ketones (excluding diaryl/α,β-unsaturated/α-hetero) is 1. The van der Waals surface area contributed by atoms with E-state index in [-0.39, 0.29) is 23.8 Å². The molecule has 0 unspecified atom stereocenters. The van der Waals surface area contributed by atoms with Gasteiger partial charge in [-0.15, -0.1) is 0 Å². The molecule has 1 saturated heterocycles. The quantitative estimate of drug-likeness (QED) is 0.588. The number of ketones is 1. The SMILES string of the molecule is COc1cccc(C(=O)C(=O)NCC(=O)N2CCN(c3cccc(F)c3)CC2)c1. The number of methoxy groups -OCH3 is 1. The first-order valence-electron chi connectivity index (χ1n) is 9.23. The lowest BCUT2D eigenvalue weighted by Crippen LogP contribution is -2.51. The van der Waals surface area contributed by atoms with Gasteiger partial charge in [-0.3, -0.25) is 14.4 Å². The summed E-state index contributed by atoms with van der Waals surface area (Å²) in [5.74, 6) is -1.67. The molecule has 2 aromatic rings. The molecule has 1 aliphatic heterocycles. The molecule has 0 saturated carbocycles. The molecule has 1 aliphatic rings. The van der Waals surface area contributed by atoms with Gasteiger partial charge >= 0.3 is 0 Å². The monoisotopic (exact) mass is 399 g/mol. The van der Waals surface area contributed by atoms with E-state index in [2.05, 4.69) is 5.32 Å². The number of benzene rings is 2. The minimum atomic E-state index is -0.843. The summed E-state index contributed by atoms with van der Waals surface area (Å²) in [6.45, 7) is 1.77. The normalized spacial score (nSPS) is 13.7. The van der Waals surface area contributed by atoms with Gasteiger partial charge in [-0.1, -0.05) is 18.2 Å². The summed E-state index contributed by atoms with van der Waals surface area (Å²) in [6.07, 6.45) is 0. The Hall–Kier alpha value is -3.42. The van der Waals surface area contributed by atoms with Crippen LogP contribution in [0.25, 0.3) is 0 Å². The fourth-order valence-corrected chi connectivity index (χ4v) is 3.13. The molecule has 3 rings (SSSR count). The Morgan fingerprint density at radius 1 is 1.03 bits per heavy atom. The molecule has 0 atom stereocenters. The average Bonchev–Trinajstić information content (AvgIpc) is 2.76. The van der Waals surface area contributed by atoms with Gasteiger partial charge in [0, 0.05) is 37.4 Å². The molecule has 0 bridgehead atoms. The largest absolute Gasteiger partial charge is 0.497 e. The molecular formula is C21H22FN3O4. The Labute approximate surface area is 168 Å². The van der Waals surface area contributed by atoms with E-state index >= 15 is 0 Å². The van der Waals surface area contributed by atoms with Gasteiger partial charge in [0.25, 0.3) is 5.91 Å². The van der Waals surface area contributed by atoms with Crippen molar-refractivity contribution in [3.05, 3.63) is 59.9 Å². The summed E-state index contributed by atoms with van der Waals surface area (Å²) in [6, 6.07) is 12.6. The number of nitrogens with zero attached hydrogens (tertiary/aromatic N) is 2. The number of anilines is 1.